The SMILES string of the molecule is CC(=O)N[C@@H](c1ccc(OC(F)(F)F)cc1)[C@H](C)n1nnc2ccccc2c1=O. The van der Waals surface area contributed by atoms with Gasteiger partial charge in [0, 0.05) is 6.92 Å². The van der Waals surface area contributed by atoms with Gasteiger partial charge in [-0.2, -0.15) is 0 Å². The van der Waals surface area contributed by atoms with Crippen LogP contribution in [-0.2, 0) is 4.79 Å². The van der Waals surface area contributed by atoms with Crippen molar-refractivity contribution in [2.24, 2.45) is 0 Å². The summed E-state index contributed by atoms with van der Waals surface area (Å²) in [5.74, 6) is -0.766. The van der Waals surface area contributed by atoms with Gasteiger partial charge in [-0.3, -0.25) is 9.59 Å². The average Bonchev–Trinajstić information content (AvgIpc) is 2.65. The molecule has 0 aliphatic heterocycles. The van der Waals surface area contributed by atoms with Gasteiger partial charge >= 0.3 is 6.36 Å². The quantitative estimate of drug-likeness (QED) is 0.704. The Labute approximate surface area is 163 Å². The fraction of sp³-hybridized carbons (Fsp3) is 0.263. The fourth-order valence-electron chi connectivity index (χ4n) is 2.99. The van der Waals surface area contributed by atoms with Crippen LogP contribution in [0.5, 0.6) is 5.75 Å². The number of alkyl halides is 3. The van der Waals surface area contributed by atoms with E-state index in [1.165, 1.54) is 19.1 Å². The normalized spacial score (nSPS) is 13.7. The Morgan fingerprint density at radius 3 is 2.41 bits per heavy atom. The number of ether oxygens (including phenoxy) is 1. The van der Waals surface area contributed by atoms with Gasteiger partial charge in [0.05, 0.1) is 17.5 Å². The standard InChI is InChI=1S/C19H17F3N4O3/c1-11(26-18(28)15-5-3-4-6-16(15)24-25-26)17(23-12(2)27)13-7-9-14(10-8-13)29-19(20,21)22/h3-11,17H,1-2H3,(H,23,27)/t11-,17+/m0/s1. The smallest absolute Gasteiger partial charge is 0.406 e. The lowest BCUT2D eigenvalue weighted by Crippen LogP contribution is -2.37. The van der Waals surface area contributed by atoms with E-state index in [-0.39, 0.29) is 5.91 Å². The topological polar surface area (TPSA) is 86.1 Å². The third kappa shape index (κ3) is 4.71. The second-order valence-corrected chi connectivity index (χ2v) is 6.39. The van der Waals surface area contributed by atoms with Gasteiger partial charge in [0.25, 0.3) is 5.56 Å². The van der Waals surface area contributed by atoms with Gasteiger partial charge in [-0.1, -0.05) is 29.5 Å². The molecule has 2 atom stereocenters. The van der Waals surface area contributed by atoms with Crippen molar-refractivity contribution in [3.63, 3.8) is 0 Å². The number of rotatable bonds is 5. The molecule has 1 N–H and O–H groups in total. The first kappa shape index (κ1) is 20.3. The van der Waals surface area contributed by atoms with Crippen LogP contribution in [-0.4, -0.2) is 27.3 Å². The Morgan fingerprint density at radius 2 is 1.79 bits per heavy atom. The predicted octanol–water partition coefficient (Wildman–Crippen LogP) is 3.13. The molecule has 1 amide bonds. The summed E-state index contributed by atoms with van der Waals surface area (Å²) in [5, 5.41) is 11.1. The van der Waals surface area contributed by atoms with Crippen molar-refractivity contribution in [2.75, 3.05) is 0 Å². The number of nitrogens with zero attached hydrogens (tertiary/aromatic N) is 3. The van der Waals surface area contributed by atoms with Crippen molar-refractivity contribution in [1.29, 1.82) is 0 Å². The van der Waals surface area contributed by atoms with Crippen LogP contribution in [0.2, 0.25) is 0 Å². The maximum absolute atomic E-state index is 12.8. The Morgan fingerprint density at radius 1 is 1.14 bits per heavy atom. The molecule has 0 spiro atoms. The second-order valence-electron chi connectivity index (χ2n) is 6.39. The molecule has 2 aromatic carbocycles. The minimum atomic E-state index is -4.81. The molecular weight excluding hydrogens is 389 g/mol. The summed E-state index contributed by atoms with van der Waals surface area (Å²) < 4.78 is 42.1. The van der Waals surface area contributed by atoms with Crippen LogP contribution in [0.3, 0.4) is 0 Å². The van der Waals surface area contributed by atoms with Gasteiger partial charge in [-0.05, 0) is 36.8 Å². The minimum Gasteiger partial charge on any atom is -0.406 e. The maximum atomic E-state index is 12.8. The number of hydrogen-bond donors (Lipinski definition) is 1. The van der Waals surface area contributed by atoms with Gasteiger partial charge in [0.2, 0.25) is 5.91 Å². The summed E-state index contributed by atoms with van der Waals surface area (Å²) in [5.41, 5.74) is 0.519. The van der Waals surface area contributed by atoms with Crippen LogP contribution in [0, 0.1) is 0 Å². The number of carbonyl (C=O) groups is 1. The number of carbonyl (C=O) groups excluding carboxylic acids is 1. The molecule has 1 aromatic heterocycles. The Hall–Kier alpha value is -3.43. The number of aromatic nitrogens is 3. The van der Waals surface area contributed by atoms with Crippen molar-refractivity contribution in [2.45, 2.75) is 32.3 Å². The van der Waals surface area contributed by atoms with E-state index in [1.54, 1.807) is 31.2 Å². The molecule has 152 valence electrons. The van der Waals surface area contributed by atoms with E-state index < -0.39 is 29.8 Å². The highest BCUT2D eigenvalue weighted by atomic mass is 19.4. The summed E-state index contributed by atoms with van der Waals surface area (Å²) in [6.45, 7) is 2.96. The molecule has 1 heterocycles. The van der Waals surface area contributed by atoms with Crippen LogP contribution in [0.25, 0.3) is 10.9 Å². The van der Waals surface area contributed by atoms with Crippen molar-refractivity contribution >= 4 is 16.8 Å². The summed E-state index contributed by atoms with van der Waals surface area (Å²) >= 11 is 0. The van der Waals surface area contributed by atoms with Gasteiger partial charge in [0.15, 0.2) is 0 Å². The molecule has 0 radical (unpaired) electrons. The molecule has 0 saturated carbocycles. The number of hydrogen-bond acceptors (Lipinski definition) is 5. The van der Waals surface area contributed by atoms with E-state index >= 15 is 0 Å². The first-order chi connectivity index (χ1) is 13.7. The lowest BCUT2D eigenvalue weighted by molar-refractivity contribution is -0.274. The molecule has 0 saturated heterocycles. The molecule has 10 heteroatoms. The maximum Gasteiger partial charge on any atom is 0.573 e. The Bertz CT molecular complexity index is 1080. The molecule has 0 aliphatic rings. The van der Waals surface area contributed by atoms with Crippen molar-refractivity contribution in [3.05, 3.63) is 64.4 Å². The van der Waals surface area contributed by atoms with Crippen molar-refractivity contribution in [3.8, 4) is 5.75 Å². The van der Waals surface area contributed by atoms with E-state index in [4.69, 9.17) is 0 Å². The summed E-state index contributed by atoms with van der Waals surface area (Å²) in [4.78, 5) is 24.5. The largest absolute Gasteiger partial charge is 0.573 e. The number of fused-ring (bicyclic) bond motifs is 1. The average molecular weight is 406 g/mol. The molecular formula is C19H17F3N4O3. The Balaban J connectivity index is 1.98. The lowest BCUT2D eigenvalue weighted by Gasteiger charge is -2.26. The molecule has 0 unspecified atom stereocenters. The highest BCUT2D eigenvalue weighted by Gasteiger charge is 2.31. The van der Waals surface area contributed by atoms with Crippen LogP contribution >= 0.6 is 0 Å². The monoisotopic (exact) mass is 406 g/mol. The third-order valence-corrected chi connectivity index (χ3v) is 4.29. The number of nitrogens with one attached hydrogen (secondary N) is 1. The van der Waals surface area contributed by atoms with Gasteiger partial charge in [0.1, 0.15) is 11.3 Å². The molecule has 0 aliphatic carbocycles. The van der Waals surface area contributed by atoms with Crippen LogP contribution in [0.1, 0.15) is 31.5 Å². The van der Waals surface area contributed by atoms with Gasteiger partial charge in [-0.15, -0.1) is 18.3 Å². The van der Waals surface area contributed by atoms with Gasteiger partial charge in [-0.25, -0.2) is 4.68 Å². The highest BCUT2D eigenvalue weighted by molar-refractivity contribution is 5.76. The lowest BCUT2D eigenvalue weighted by atomic mass is 10.00. The molecule has 3 rings (SSSR count). The molecule has 0 bridgehead atoms. The van der Waals surface area contributed by atoms with Crippen LogP contribution < -0.4 is 15.6 Å². The van der Waals surface area contributed by atoms with Crippen LogP contribution in [0.4, 0.5) is 13.2 Å². The molecule has 0 fully saturated rings. The van der Waals surface area contributed by atoms with E-state index in [9.17, 15) is 22.8 Å². The molecule has 7 nitrogen and oxygen atoms in total. The van der Waals surface area contributed by atoms with E-state index in [0.717, 1.165) is 16.8 Å². The van der Waals surface area contributed by atoms with Crippen molar-refractivity contribution in [1.82, 2.24) is 20.3 Å². The zero-order valence-corrected chi connectivity index (χ0v) is 15.5. The van der Waals surface area contributed by atoms with E-state index in [1.807, 2.05) is 0 Å². The Kier molecular flexibility index (Phi) is 5.53. The number of halogens is 3. The zero-order valence-electron chi connectivity index (χ0n) is 15.5. The minimum absolute atomic E-state index is 0.366. The highest BCUT2D eigenvalue weighted by Crippen LogP contribution is 2.28. The zero-order chi connectivity index (χ0) is 21.2. The fourth-order valence-corrected chi connectivity index (χ4v) is 2.99. The van der Waals surface area contributed by atoms with Crippen LogP contribution in [0.15, 0.2) is 53.3 Å². The summed E-state index contributed by atoms with van der Waals surface area (Å²) in [7, 11) is 0. The third-order valence-electron chi connectivity index (χ3n) is 4.29. The molecule has 3 aromatic rings. The second kappa shape index (κ2) is 7.90. The summed E-state index contributed by atoms with van der Waals surface area (Å²) in [6.07, 6.45) is -4.81. The number of benzene rings is 2. The summed E-state index contributed by atoms with van der Waals surface area (Å²) in [6, 6.07) is 10.3. The first-order valence-electron chi connectivity index (χ1n) is 8.63. The first-order valence-corrected chi connectivity index (χ1v) is 8.63. The van der Waals surface area contributed by atoms with E-state index in [0.29, 0.717) is 16.5 Å². The van der Waals surface area contributed by atoms with Gasteiger partial charge < -0.3 is 10.1 Å². The predicted molar refractivity (Wildman–Crippen MR) is 98.2 cm³/mol. The van der Waals surface area contributed by atoms with Crippen molar-refractivity contribution < 1.29 is 22.7 Å². The number of amides is 1. The molecule has 29 heavy (non-hydrogen) atoms. The van der Waals surface area contributed by atoms with E-state index in [2.05, 4.69) is 20.4 Å².